The van der Waals surface area contributed by atoms with Gasteiger partial charge in [-0.15, -0.1) is 5.10 Å². The predicted octanol–water partition coefficient (Wildman–Crippen LogP) is 3.32. The molecule has 136 valence electrons. The van der Waals surface area contributed by atoms with Crippen LogP contribution in [0.15, 0.2) is 70.8 Å². The predicted molar refractivity (Wildman–Crippen MR) is 103 cm³/mol. The van der Waals surface area contributed by atoms with Gasteiger partial charge in [0.2, 0.25) is 9.84 Å². The van der Waals surface area contributed by atoms with Crippen molar-refractivity contribution >= 4 is 32.9 Å². The highest BCUT2D eigenvalue weighted by molar-refractivity contribution is 7.91. The molecule has 0 bridgehead atoms. The number of hydrogen-bond donors (Lipinski definition) is 1. The molecule has 3 heterocycles. The van der Waals surface area contributed by atoms with E-state index in [4.69, 9.17) is 11.6 Å². The highest BCUT2D eigenvalue weighted by Crippen LogP contribution is 2.33. The lowest BCUT2D eigenvalue weighted by atomic mass is 10.2. The minimum absolute atomic E-state index is 0.00294. The third-order valence-corrected chi connectivity index (χ3v) is 6.09. The summed E-state index contributed by atoms with van der Waals surface area (Å²) in [7, 11) is -2.28. The Hall–Kier alpha value is -2.97. The summed E-state index contributed by atoms with van der Waals surface area (Å²) >= 11 is 5.99. The fraction of sp³-hybridized carbons (Fsp3) is 0.0556. The van der Waals surface area contributed by atoms with Crippen molar-refractivity contribution < 1.29 is 8.42 Å². The van der Waals surface area contributed by atoms with E-state index < -0.39 is 9.84 Å². The lowest BCUT2D eigenvalue weighted by Crippen LogP contribution is -2.05. The van der Waals surface area contributed by atoms with E-state index in [0.29, 0.717) is 10.7 Å². The van der Waals surface area contributed by atoms with Crippen molar-refractivity contribution in [2.75, 3.05) is 12.4 Å². The molecule has 0 aliphatic heterocycles. The van der Waals surface area contributed by atoms with E-state index in [2.05, 4.69) is 20.4 Å². The van der Waals surface area contributed by atoms with E-state index in [0.717, 1.165) is 5.56 Å². The fourth-order valence-corrected chi connectivity index (χ4v) is 4.64. The second kappa shape index (κ2) is 6.64. The molecule has 1 aromatic carbocycles. The van der Waals surface area contributed by atoms with Crippen LogP contribution in [0.5, 0.6) is 0 Å². The van der Waals surface area contributed by atoms with E-state index in [1.165, 1.54) is 16.6 Å². The molecule has 9 heteroatoms. The second-order valence-electron chi connectivity index (χ2n) is 5.69. The number of nitrogens with zero attached hydrogens (tertiary/aromatic N) is 4. The molecule has 0 unspecified atom stereocenters. The lowest BCUT2D eigenvalue weighted by Gasteiger charge is -2.06. The van der Waals surface area contributed by atoms with Crippen molar-refractivity contribution in [1.82, 2.24) is 19.6 Å². The summed E-state index contributed by atoms with van der Waals surface area (Å²) in [5.41, 5.74) is 1.77. The molecule has 0 radical (unpaired) electrons. The van der Waals surface area contributed by atoms with Gasteiger partial charge in [0.15, 0.2) is 16.4 Å². The SMILES string of the molecule is CNc1nn2c(-c3ccncc3)ccnc2c1S(=O)(=O)c1cccc(Cl)c1. The van der Waals surface area contributed by atoms with Crippen molar-refractivity contribution in [3.63, 3.8) is 0 Å². The Kier molecular flexibility index (Phi) is 4.29. The van der Waals surface area contributed by atoms with Crippen LogP contribution in [0.4, 0.5) is 5.82 Å². The Bertz CT molecular complexity index is 1240. The Balaban J connectivity index is 2.02. The van der Waals surface area contributed by atoms with Crippen molar-refractivity contribution in [2.24, 2.45) is 0 Å². The topological polar surface area (TPSA) is 89.2 Å². The largest absolute Gasteiger partial charge is 0.370 e. The minimum atomic E-state index is -3.89. The maximum Gasteiger partial charge on any atom is 0.214 e. The highest BCUT2D eigenvalue weighted by Gasteiger charge is 2.29. The quantitative estimate of drug-likeness (QED) is 0.566. The van der Waals surface area contributed by atoms with Gasteiger partial charge in [-0.05, 0) is 36.4 Å². The molecule has 4 rings (SSSR count). The number of fused-ring (bicyclic) bond motifs is 1. The van der Waals surface area contributed by atoms with Gasteiger partial charge in [-0.1, -0.05) is 17.7 Å². The Labute approximate surface area is 160 Å². The molecule has 1 N–H and O–H groups in total. The number of nitrogens with one attached hydrogen (secondary N) is 1. The molecule has 3 aromatic heterocycles. The summed E-state index contributed by atoms with van der Waals surface area (Å²) < 4.78 is 28.1. The number of sulfone groups is 1. The molecular formula is C18H14ClN5O2S. The summed E-state index contributed by atoms with van der Waals surface area (Å²) in [6.07, 6.45) is 4.88. The second-order valence-corrected chi connectivity index (χ2v) is 8.01. The zero-order chi connectivity index (χ0) is 19.0. The number of aromatic nitrogens is 4. The molecule has 0 amide bonds. The molecule has 0 saturated carbocycles. The van der Waals surface area contributed by atoms with Gasteiger partial charge in [-0.3, -0.25) is 4.98 Å². The number of rotatable bonds is 4. The van der Waals surface area contributed by atoms with Crippen molar-refractivity contribution in [3.8, 4) is 11.3 Å². The molecule has 0 saturated heterocycles. The van der Waals surface area contributed by atoms with Crippen LogP contribution in [0.1, 0.15) is 0 Å². The summed E-state index contributed by atoms with van der Waals surface area (Å²) in [6.45, 7) is 0. The van der Waals surface area contributed by atoms with Crippen molar-refractivity contribution in [1.29, 1.82) is 0 Å². The molecule has 0 spiro atoms. The molecule has 0 aliphatic rings. The van der Waals surface area contributed by atoms with Crippen LogP contribution in [-0.2, 0) is 9.84 Å². The Morgan fingerprint density at radius 3 is 2.56 bits per heavy atom. The number of anilines is 1. The Morgan fingerprint density at radius 2 is 1.85 bits per heavy atom. The molecule has 7 nitrogen and oxygen atoms in total. The van der Waals surface area contributed by atoms with Gasteiger partial charge in [0, 0.05) is 36.2 Å². The molecular weight excluding hydrogens is 386 g/mol. The summed E-state index contributed by atoms with van der Waals surface area (Å²) in [6, 6.07) is 11.5. The Morgan fingerprint density at radius 1 is 1.07 bits per heavy atom. The van der Waals surface area contributed by atoms with Crippen molar-refractivity contribution in [3.05, 3.63) is 66.1 Å². The van der Waals surface area contributed by atoms with Crippen LogP contribution in [0.25, 0.3) is 16.9 Å². The number of benzene rings is 1. The smallest absolute Gasteiger partial charge is 0.214 e. The fourth-order valence-electron chi connectivity index (χ4n) is 2.83. The van der Waals surface area contributed by atoms with E-state index in [1.807, 2.05) is 12.1 Å². The monoisotopic (exact) mass is 399 g/mol. The zero-order valence-corrected chi connectivity index (χ0v) is 15.7. The normalized spacial score (nSPS) is 11.6. The van der Waals surface area contributed by atoms with E-state index in [1.54, 1.807) is 43.8 Å². The first-order valence-electron chi connectivity index (χ1n) is 7.99. The van der Waals surface area contributed by atoms with Crippen LogP contribution in [0, 0.1) is 0 Å². The summed E-state index contributed by atoms with van der Waals surface area (Å²) in [5, 5.41) is 7.63. The first-order valence-corrected chi connectivity index (χ1v) is 9.85. The van der Waals surface area contributed by atoms with E-state index in [9.17, 15) is 8.42 Å². The standard InChI is InChI=1S/C18H14ClN5O2S/c1-20-17-16(27(25,26)14-4-2-3-13(19)11-14)18-22-10-7-15(24(18)23-17)12-5-8-21-9-6-12/h2-11H,1H3,(H,20,23). The van der Waals surface area contributed by atoms with Crippen molar-refractivity contribution in [2.45, 2.75) is 9.79 Å². The van der Waals surface area contributed by atoms with Crippen LogP contribution >= 0.6 is 11.6 Å². The van der Waals surface area contributed by atoms with E-state index >= 15 is 0 Å². The third-order valence-electron chi connectivity index (χ3n) is 4.06. The average Bonchev–Trinajstić information content (AvgIpc) is 3.08. The van der Waals surface area contributed by atoms with Gasteiger partial charge in [0.25, 0.3) is 0 Å². The molecule has 0 fully saturated rings. The number of hydrogen-bond acceptors (Lipinski definition) is 6. The highest BCUT2D eigenvalue weighted by atomic mass is 35.5. The van der Waals surface area contributed by atoms with Gasteiger partial charge in [0.1, 0.15) is 0 Å². The molecule has 0 atom stereocenters. The molecule has 27 heavy (non-hydrogen) atoms. The first-order chi connectivity index (χ1) is 13.0. The van der Waals surface area contributed by atoms with Crippen LogP contribution in [0.3, 0.4) is 0 Å². The van der Waals surface area contributed by atoms with Crippen LogP contribution < -0.4 is 5.32 Å². The number of halogens is 1. The summed E-state index contributed by atoms with van der Waals surface area (Å²) in [5.74, 6) is 0.212. The maximum atomic E-state index is 13.3. The molecule has 0 aliphatic carbocycles. The maximum absolute atomic E-state index is 13.3. The summed E-state index contributed by atoms with van der Waals surface area (Å²) in [4.78, 5) is 8.38. The zero-order valence-electron chi connectivity index (χ0n) is 14.2. The number of pyridine rings is 1. The van der Waals surface area contributed by atoms with Gasteiger partial charge in [0.05, 0.1) is 10.6 Å². The minimum Gasteiger partial charge on any atom is -0.370 e. The van der Waals surface area contributed by atoms with E-state index in [-0.39, 0.29) is 21.3 Å². The third kappa shape index (κ3) is 2.92. The van der Waals surface area contributed by atoms with Gasteiger partial charge in [-0.2, -0.15) is 0 Å². The van der Waals surface area contributed by atoms with Gasteiger partial charge >= 0.3 is 0 Å². The van der Waals surface area contributed by atoms with Gasteiger partial charge in [-0.25, -0.2) is 17.9 Å². The average molecular weight is 400 g/mol. The first kappa shape index (κ1) is 17.4. The lowest BCUT2D eigenvalue weighted by molar-refractivity contribution is 0.597. The van der Waals surface area contributed by atoms with Gasteiger partial charge < -0.3 is 5.32 Å². The van der Waals surface area contributed by atoms with Crippen LogP contribution in [0.2, 0.25) is 5.02 Å². The van der Waals surface area contributed by atoms with Crippen LogP contribution in [-0.4, -0.2) is 35.0 Å². The molecule has 4 aromatic rings.